The van der Waals surface area contributed by atoms with Crippen molar-refractivity contribution in [3.05, 3.63) is 0 Å². The predicted molar refractivity (Wildman–Crippen MR) is 44.3 cm³/mol. The molecule has 5 heteroatoms. The summed E-state index contributed by atoms with van der Waals surface area (Å²) in [5.74, 6) is 0. The minimum absolute atomic E-state index is 0.0986. The average Bonchev–Trinajstić information content (AvgIpc) is 2.01. The van der Waals surface area contributed by atoms with Gasteiger partial charge < -0.3 is 5.73 Å². The molecule has 1 heterocycles. The van der Waals surface area contributed by atoms with E-state index in [0.29, 0.717) is 19.5 Å². The molecule has 1 rings (SSSR count). The second-order valence-corrected chi connectivity index (χ2v) is 3.48. The highest BCUT2D eigenvalue weighted by atomic mass is 19.4. The summed E-state index contributed by atoms with van der Waals surface area (Å²) in [6, 6.07) is -1.38. The first-order valence-corrected chi connectivity index (χ1v) is 4.51. The van der Waals surface area contributed by atoms with Crippen molar-refractivity contribution < 1.29 is 13.2 Å². The van der Waals surface area contributed by atoms with Crippen LogP contribution in [0.3, 0.4) is 0 Å². The summed E-state index contributed by atoms with van der Waals surface area (Å²) in [7, 11) is 0. The van der Waals surface area contributed by atoms with E-state index in [1.54, 1.807) is 6.92 Å². The van der Waals surface area contributed by atoms with Crippen molar-refractivity contribution in [3.63, 3.8) is 0 Å². The number of rotatable bonds is 1. The van der Waals surface area contributed by atoms with Gasteiger partial charge in [-0.2, -0.15) is 13.2 Å². The van der Waals surface area contributed by atoms with Gasteiger partial charge in [-0.1, -0.05) is 6.92 Å². The van der Waals surface area contributed by atoms with Crippen LogP contribution in [0.4, 0.5) is 13.2 Å². The first kappa shape index (κ1) is 10.8. The van der Waals surface area contributed by atoms with Gasteiger partial charge in [0, 0.05) is 12.6 Å². The van der Waals surface area contributed by atoms with Gasteiger partial charge >= 0.3 is 6.18 Å². The van der Waals surface area contributed by atoms with E-state index in [-0.39, 0.29) is 12.5 Å². The SMILES string of the molecule is CCN1CC(N)CCC1C(F)(F)F. The molecule has 78 valence electrons. The topological polar surface area (TPSA) is 29.3 Å². The van der Waals surface area contributed by atoms with E-state index in [2.05, 4.69) is 0 Å². The quantitative estimate of drug-likeness (QED) is 0.686. The number of halogens is 3. The molecule has 1 aliphatic heterocycles. The van der Waals surface area contributed by atoms with Crippen LogP contribution in [0, 0.1) is 0 Å². The molecule has 1 fully saturated rings. The molecule has 0 spiro atoms. The predicted octanol–water partition coefficient (Wildman–Crippen LogP) is 1.36. The van der Waals surface area contributed by atoms with Crippen molar-refractivity contribution in [1.29, 1.82) is 0 Å². The Morgan fingerprint density at radius 3 is 2.46 bits per heavy atom. The molecule has 2 nitrogen and oxygen atoms in total. The molecular formula is C8H15F3N2. The molecule has 2 N–H and O–H groups in total. The van der Waals surface area contributed by atoms with E-state index in [1.807, 2.05) is 0 Å². The summed E-state index contributed by atoms with van der Waals surface area (Å²) < 4.78 is 37.3. The molecule has 2 atom stereocenters. The van der Waals surface area contributed by atoms with Gasteiger partial charge in [-0.05, 0) is 19.4 Å². The molecule has 0 radical (unpaired) electrons. The Morgan fingerprint density at radius 2 is 2.00 bits per heavy atom. The third kappa shape index (κ3) is 2.57. The lowest BCUT2D eigenvalue weighted by atomic mass is 9.98. The van der Waals surface area contributed by atoms with Crippen LogP contribution in [-0.4, -0.2) is 36.2 Å². The Kier molecular flexibility index (Phi) is 3.18. The fraction of sp³-hybridized carbons (Fsp3) is 1.00. The Labute approximate surface area is 75.9 Å². The molecule has 0 aromatic carbocycles. The van der Waals surface area contributed by atoms with Gasteiger partial charge in [0.05, 0.1) is 0 Å². The van der Waals surface area contributed by atoms with Crippen LogP contribution in [0.1, 0.15) is 19.8 Å². The molecule has 0 aromatic heterocycles. The maximum Gasteiger partial charge on any atom is 0.404 e. The molecular weight excluding hydrogens is 181 g/mol. The van der Waals surface area contributed by atoms with Crippen LogP contribution in [0.15, 0.2) is 0 Å². The van der Waals surface area contributed by atoms with Gasteiger partial charge in [0.15, 0.2) is 0 Å². The van der Waals surface area contributed by atoms with Gasteiger partial charge in [-0.25, -0.2) is 0 Å². The van der Waals surface area contributed by atoms with Crippen molar-refractivity contribution >= 4 is 0 Å². The molecule has 13 heavy (non-hydrogen) atoms. The lowest BCUT2D eigenvalue weighted by Gasteiger charge is -2.38. The molecule has 2 unspecified atom stereocenters. The largest absolute Gasteiger partial charge is 0.404 e. The van der Waals surface area contributed by atoms with E-state index in [9.17, 15) is 13.2 Å². The van der Waals surface area contributed by atoms with E-state index in [4.69, 9.17) is 5.73 Å². The third-order valence-electron chi connectivity index (χ3n) is 2.50. The summed E-state index contributed by atoms with van der Waals surface area (Å²) >= 11 is 0. The highest BCUT2D eigenvalue weighted by Crippen LogP contribution is 2.31. The lowest BCUT2D eigenvalue weighted by molar-refractivity contribution is -0.191. The van der Waals surface area contributed by atoms with Crippen LogP contribution in [0.25, 0.3) is 0 Å². The van der Waals surface area contributed by atoms with E-state index >= 15 is 0 Å². The first-order chi connectivity index (χ1) is 5.95. The maximum absolute atomic E-state index is 12.4. The molecule has 0 aromatic rings. The van der Waals surface area contributed by atoms with E-state index in [1.165, 1.54) is 4.90 Å². The molecule has 0 saturated carbocycles. The molecule has 0 bridgehead atoms. The second kappa shape index (κ2) is 3.84. The Hall–Kier alpha value is -0.290. The highest BCUT2D eigenvalue weighted by Gasteiger charge is 2.44. The average molecular weight is 196 g/mol. The summed E-state index contributed by atoms with van der Waals surface area (Å²) in [4.78, 5) is 1.41. The Morgan fingerprint density at radius 1 is 1.38 bits per heavy atom. The number of alkyl halides is 3. The zero-order valence-electron chi connectivity index (χ0n) is 7.64. The summed E-state index contributed by atoms with van der Waals surface area (Å²) in [5, 5.41) is 0. The Bertz CT molecular complexity index is 169. The van der Waals surface area contributed by atoms with Gasteiger partial charge in [-0.15, -0.1) is 0 Å². The van der Waals surface area contributed by atoms with E-state index < -0.39 is 12.2 Å². The molecule has 1 saturated heterocycles. The monoisotopic (exact) mass is 196 g/mol. The standard InChI is InChI=1S/C8H15F3N2/c1-2-13-5-6(12)3-4-7(13)8(9,10)11/h6-7H,2-5,12H2,1H3. The van der Waals surface area contributed by atoms with Crippen LogP contribution in [-0.2, 0) is 0 Å². The number of nitrogens with two attached hydrogens (primary N) is 1. The van der Waals surface area contributed by atoms with Crippen molar-refractivity contribution in [2.45, 2.75) is 38.0 Å². The first-order valence-electron chi connectivity index (χ1n) is 4.51. The fourth-order valence-corrected chi connectivity index (χ4v) is 1.79. The zero-order valence-corrected chi connectivity index (χ0v) is 7.64. The molecule has 1 aliphatic rings. The number of piperidine rings is 1. The Balaban J connectivity index is 2.63. The smallest absolute Gasteiger partial charge is 0.327 e. The minimum Gasteiger partial charge on any atom is -0.327 e. The second-order valence-electron chi connectivity index (χ2n) is 3.48. The van der Waals surface area contributed by atoms with Crippen molar-refractivity contribution in [3.8, 4) is 0 Å². The minimum atomic E-state index is -4.10. The normalized spacial score (nSPS) is 32.1. The lowest BCUT2D eigenvalue weighted by Crippen LogP contribution is -2.54. The zero-order chi connectivity index (χ0) is 10.1. The number of likely N-dealkylation sites (N-methyl/N-ethyl adjacent to an activating group) is 1. The van der Waals surface area contributed by atoms with Crippen LogP contribution < -0.4 is 5.73 Å². The number of likely N-dealkylation sites (tertiary alicyclic amines) is 1. The maximum atomic E-state index is 12.4. The van der Waals surface area contributed by atoms with E-state index in [0.717, 1.165) is 0 Å². The molecule has 0 amide bonds. The van der Waals surface area contributed by atoms with Gasteiger partial charge in [-0.3, -0.25) is 4.90 Å². The van der Waals surface area contributed by atoms with Crippen LogP contribution >= 0.6 is 0 Å². The number of hydrogen-bond donors (Lipinski definition) is 1. The van der Waals surface area contributed by atoms with Crippen molar-refractivity contribution in [1.82, 2.24) is 4.90 Å². The van der Waals surface area contributed by atoms with Crippen LogP contribution in [0.5, 0.6) is 0 Å². The van der Waals surface area contributed by atoms with Crippen molar-refractivity contribution in [2.75, 3.05) is 13.1 Å². The molecule has 0 aliphatic carbocycles. The van der Waals surface area contributed by atoms with Gasteiger partial charge in [0.2, 0.25) is 0 Å². The summed E-state index contributed by atoms with van der Waals surface area (Å²) in [6.07, 6.45) is -3.49. The van der Waals surface area contributed by atoms with Gasteiger partial charge in [0.1, 0.15) is 6.04 Å². The third-order valence-corrected chi connectivity index (χ3v) is 2.50. The fourth-order valence-electron chi connectivity index (χ4n) is 1.79. The van der Waals surface area contributed by atoms with Crippen LogP contribution in [0.2, 0.25) is 0 Å². The summed E-state index contributed by atoms with van der Waals surface area (Å²) in [6.45, 7) is 2.51. The number of nitrogens with zero attached hydrogens (tertiary/aromatic N) is 1. The highest BCUT2D eigenvalue weighted by molar-refractivity contribution is 4.86. The summed E-state index contributed by atoms with van der Waals surface area (Å²) in [5.41, 5.74) is 5.60. The van der Waals surface area contributed by atoms with Gasteiger partial charge in [0.25, 0.3) is 0 Å². The van der Waals surface area contributed by atoms with Crippen molar-refractivity contribution in [2.24, 2.45) is 5.73 Å². The number of hydrogen-bond acceptors (Lipinski definition) is 2.